The second kappa shape index (κ2) is 15.0. The van der Waals surface area contributed by atoms with Crippen LogP contribution in [0.15, 0.2) is 4.99 Å². The van der Waals surface area contributed by atoms with Gasteiger partial charge in [0, 0.05) is 6.54 Å². The molecule has 14 N–H and O–H groups in total. The van der Waals surface area contributed by atoms with E-state index in [9.17, 15) is 33.9 Å². The summed E-state index contributed by atoms with van der Waals surface area (Å²) < 4.78 is 0. The number of carbonyl (C=O) groups excluding carboxylic acids is 4. The van der Waals surface area contributed by atoms with Gasteiger partial charge in [-0.2, -0.15) is 0 Å². The third kappa shape index (κ3) is 12.7. The largest absolute Gasteiger partial charge is 0.481 e. The minimum atomic E-state index is -1.77. The average molecular weight is 505 g/mol. The molecule has 17 heteroatoms. The number of guanidine groups is 1. The third-order valence-electron chi connectivity index (χ3n) is 4.40. The molecule has 0 aliphatic heterocycles. The van der Waals surface area contributed by atoms with Crippen molar-refractivity contribution in [3.05, 3.63) is 0 Å². The fourth-order valence-electron chi connectivity index (χ4n) is 2.63. The van der Waals surface area contributed by atoms with Crippen LogP contribution in [0, 0.1) is 0 Å². The lowest BCUT2D eigenvalue weighted by atomic mass is 10.1. The molecule has 0 saturated heterocycles. The standard InChI is InChI=1S/C18H32N8O9/c1-7(27)13(16(33)25-10(17(34)35)5-11(20)28)26-15(32)9(6-12(29)30)24-14(31)8(19)3-2-4-23-18(21)22/h7-10,13,27H,2-6,19H2,1H3,(H2,20,28)(H,24,31)(H,25,33)(H,26,32)(H,29,30)(H,34,35)(H4,21,22,23). The first-order valence-electron chi connectivity index (χ1n) is 10.3. The molecule has 0 radical (unpaired) electrons. The highest BCUT2D eigenvalue weighted by Gasteiger charge is 2.33. The van der Waals surface area contributed by atoms with Gasteiger partial charge in [0.25, 0.3) is 0 Å². The fourth-order valence-corrected chi connectivity index (χ4v) is 2.63. The van der Waals surface area contributed by atoms with Crippen molar-refractivity contribution in [1.29, 1.82) is 0 Å². The fraction of sp³-hybridized carbons (Fsp3) is 0.611. The van der Waals surface area contributed by atoms with Gasteiger partial charge >= 0.3 is 11.9 Å². The number of hydrogen-bond donors (Lipinski definition) is 10. The number of aliphatic hydroxyl groups excluding tert-OH is 1. The number of amides is 4. The highest BCUT2D eigenvalue weighted by atomic mass is 16.4. The van der Waals surface area contributed by atoms with Gasteiger partial charge in [-0.25, -0.2) is 4.79 Å². The Kier molecular flexibility index (Phi) is 13.3. The zero-order chi connectivity index (χ0) is 27.3. The number of rotatable bonds is 16. The summed E-state index contributed by atoms with van der Waals surface area (Å²) in [6.45, 7) is 1.27. The molecule has 5 atom stereocenters. The van der Waals surface area contributed by atoms with Gasteiger partial charge < -0.3 is 54.2 Å². The summed E-state index contributed by atoms with van der Waals surface area (Å²) in [7, 11) is 0. The number of hydrogen-bond acceptors (Lipinski definition) is 9. The summed E-state index contributed by atoms with van der Waals surface area (Å²) in [5.74, 6) is -7.50. The first kappa shape index (κ1) is 31.0. The van der Waals surface area contributed by atoms with Gasteiger partial charge in [-0.15, -0.1) is 0 Å². The van der Waals surface area contributed by atoms with Crippen LogP contribution in [-0.2, 0) is 28.8 Å². The SMILES string of the molecule is CC(O)C(NC(=O)C(CC(=O)O)NC(=O)C(N)CCCN=C(N)N)C(=O)NC(CC(N)=O)C(=O)O. The Balaban J connectivity index is 5.36. The Morgan fingerprint density at radius 3 is 1.89 bits per heavy atom. The van der Waals surface area contributed by atoms with Crippen molar-refractivity contribution in [3.8, 4) is 0 Å². The van der Waals surface area contributed by atoms with Crippen LogP contribution in [0.3, 0.4) is 0 Å². The number of primary amides is 1. The number of nitrogens with zero attached hydrogens (tertiary/aromatic N) is 1. The summed E-state index contributed by atoms with van der Waals surface area (Å²) >= 11 is 0. The highest BCUT2D eigenvalue weighted by Crippen LogP contribution is 2.03. The topological polar surface area (TPSA) is 316 Å². The van der Waals surface area contributed by atoms with Gasteiger partial charge in [-0.1, -0.05) is 0 Å². The predicted octanol–water partition coefficient (Wildman–Crippen LogP) is -5.36. The molecular formula is C18H32N8O9. The van der Waals surface area contributed by atoms with Gasteiger partial charge in [-0.05, 0) is 19.8 Å². The van der Waals surface area contributed by atoms with E-state index < -0.39 is 78.7 Å². The monoisotopic (exact) mass is 504 g/mol. The van der Waals surface area contributed by atoms with E-state index in [0.717, 1.165) is 6.92 Å². The normalized spacial score (nSPS) is 14.8. The maximum Gasteiger partial charge on any atom is 0.326 e. The second-order valence-corrected chi connectivity index (χ2v) is 7.51. The number of nitrogens with two attached hydrogens (primary N) is 4. The van der Waals surface area contributed by atoms with Crippen LogP contribution in [0.4, 0.5) is 0 Å². The lowest BCUT2D eigenvalue weighted by Crippen LogP contribution is -2.60. The molecule has 0 saturated carbocycles. The molecule has 5 unspecified atom stereocenters. The molecule has 0 spiro atoms. The predicted molar refractivity (Wildman–Crippen MR) is 119 cm³/mol. The molecule has 0 aromatic rings. The number of aliphatic hydroxyl groups is 1. The van der Waals surface area contributed by atoms with Crippen LogP contribution in [-0.4, -0.2) is 93.7 Å². The molecule has 35 heavy (non-hydrogen) atoms. The van der Waals surface area contributed by atoms with E-state index in [1.807, 2.05) is 5.32 Å². The number of nitrogens with one attached hydrogen (secondary N) is 3. The maximum absolute atomic E-state index is 12.6. The Bertz CT molecular complexity index is 829. The van der Waals surface area contributed by atoms with Crippen LogP contribution in [0.25, 0.3) is 0 Å². The lowest BCUT2D eigenvalue weighted by Gasteiger charge is -2.26. The molecule has 0 aliphatic rings. The number of carboxylic acid groups (broad SMARTS) is 2. The molecule has 0 aromatic carbocycles. The smallest absolute Gasteiger partial charge is 0.326 e. The average Bonchev–Trinajstić information content (AvgIpc) is 2.72. The highest BCUT2D eigenvalue weighted by molar-refractivity contribution is 5.96. The molecule has 0 aromatic heterocycles. The summed E-state index contributed by atoms with van der Waals surface area (Å²) in [6.07, 6.45) is -2.84. The molecule has 0 aliphatic carbocycles. The molecule has 4 amide bonds. The summed E-state index contributed by atoms with van der Waals surface area (Å²) in [5.41, 5.74) is 21.0. The van der Waals surface area contributed by atoms with Crippen LogP contribution in [0.5, 0.6) is 0 Å². The zero-order valence-electron chi connectivity index (χ0n) is 19.0. The number of carbonyl (C=O) groups is 6. The van der Waals surface area contributed by atoms with E-state index >= 15 is 0 Å². The van der Waals surface area contributed by atoms with Crippen molar-refractivity contribution in [1.82, 2.24) is 16.0 Å². The molecular weight excluding hydrogens is 472 g/mol. The van der Waals surface area contributed by atoms with Crippen LogP contribution < -0.4 is 38.9 Å². The molecule has 198 valence electrons. The Labute approximate surface area is 199 Å². The van der Waals surface area contributed by atoms with Crippen molar-refractivity contribution in [2.24, 2.45) is 27.9 Å². The number of aliphatic imine (C=N–C) groups is 1. The van der Waals surface area contributed by atoms with Crippen molar-refractivity contribution in [2.75, 3.05) is 6.54 Å². The molecule has 17 nitrogen and oxygen atoms in total. The lowest BCUT2D eigenvalue weighted by molar-refractivity contribution is -0.145. The molecule has 0 rings (SSSR count). The molecule has 0 fully saturated rings. The Morgan fingerprint density at radius 2 is 1.43 bits per heavy atom. The van der Waals surface area contributed by atoms with Gasteiger partial charge in [0.05, 0.1) is 25.0 Å². The van der Waals surface area contributed by atoms with Crippen molar-refractivity contribution in [3.63, 3.8) is 0 Å². The van der Waals surface area contributed by atoms with Crippen LogP contribution in [0.1, 0.15) is 32.6 Å². The van der Waals surface area contributed by atoms with Crippen molar-refractivity contribution < 1.29 is 44.1 Å². The van der Waals surface area contributed by atoms with Crippen LogP contribution in [0.2, 0.25) is 0 Å². The minimum absolute atomic E-state index is 0.0964. The first-order chi connectivity index (χ1) is 16.1. The Morgan fingerprint density at radius 1 is 0.857 bits per heavy atom. The van der Waals surface area contributed by atoms with Crippen LogP contribution >= 0.6 is 0 Å². The van der Waals surface area contributed by atoms with Crippen molar-refractivity contribution >= 4 is 41.5 Å². The second-order valence-electron chi connectivity index (χ2n) is 7.51. The molecule has 0 bridgehead atoms. The van der Waals surface area contributed by atoms with Gasteiger partial charge in [0.15, 0.2) is 5.96 Å². The third-order valence-corrected chi connectivity index (χ3v) is 4.40. The van der Waals surface area contributed by atoms with E-state index in [4.69, 9.17) is 33.1 Å². The Hall–Kier alpha value is -3.99. The summed E-state index contributed by atoms with van der Waals surface area (Å²) in [4.78, 5) is 74.5. The van der Waals surface area contributed by atoms with E-state index in [2.05, 4.69) is 15.6 Å². The summed E-state index contributed by atoms with van der Waals surface area (Å²) in [5, 5.41) is 34.2. The van der Waals surface area contributed by atoms with Gasteiger partial charge in [-0.3, -0.25) is 29.0 Å². The van der Waals surface area contributed by atoms with Gasteiger partial charge in [0.1, 0.15) is 18.1 Å². The van der Waals surface area contributed by atoms with E-state index in [1.54, 1.807) is 0 Å². The maximum atomic E-state index is 12.6. The van der Waals surface area contributed by atoms with E-state index in [1.165, 1.54) is 0 Å². The van der Waals surface area contributed by atoms with Crippen molar-refractivity contribution in [2.45, 2.75) is 62.9 Å². The zero-order valence-corrected chi connectivity index (χ0v) is 19.0. The minimum Gasteiger partial charge on any atom is -0.481 e. The van der Waals surface area contributed by atoms with E-state index in [-0.39, 0.29) is 18.9 Å². The quantitative estimate of drug-likeness (QED) is 0.0535. The van der Waals surface area contributed by atoms with E-state index in [0.29, 0.717) is 6.42 Å². The van der Waals surface area contributed by atoms with Gasteiger partial charge in [0.2, 0.25) is 23.6 Å². The first-order valence-corrected chi connectivity index (χ1v) is 10.3. The number of aliphatic carboxylic acids is 2. The number of carboxylic acids is 2. The summed E-state index contributed by atoms with van der Waals surface area (Å²) in [6, 6.07) is -6.35. The molecule has 0 heterocycles.